The van der Waals surface area contributed by atoms with Crippen molar-refractivity contribution in [1.82, 2.24) is 15.2 Å². The molecule has 1 aromatic heterocycles. The van der Waals surface area contributed by atoms with Crippen LogP contribution in [0, 0.1) is 0 Å². The number of hydrogen-bond donors (Lipinski definition) is 1. The summed E-state index contributed by atoms with van der Waals surface area (Å²) in [5.74, 6) is 0. The number of aromatic nitrogens is 1. The zero-order valence-electron chi connectivity index (χ0n) is 11.9. The van der Waals surface area contributed by atoms with Gasteiger partial charge in [0.05, 0.1) is 0 Å². The second-order valence-corrected chi connectivity index (χ2v) is 6.12. The third-order valence-corrected chi connectivity index (χ3v) is 5.01. The van der Waals surface area contributed by atoms with Gasteiger partial charge in [-0.3, -0.25) is 9.88 Å². The summed E-state index contributed by atoms with van der Waals surface area (Å²) < 4.78 is 0. The van der Waals surface area contributed by atoms with Crippen molar-refractivity contribution in [3.63, 3.8) is 0 Å². The van der Waals surface area contributed by atoms with Gasteiger partial charge in [-0.1, -0.05) is 25.3 Å². The number of piperazine rings is 1. The van der Waals surface area contributed by atoms with Crippen LogP contribution < -0.4 is 5.32 Å². The minimum absolute atomic E-state index is 0.395. The van der Waals surface area contributed by atoms with Crippen LogP contribution >= 0.6 is 0 Å². The van der Waals surface area contributed by atoms with E-state index in [0.717, 1.165) is 19.6 Å². The summed E-state index contributed by atoms with van der Waals surface area (Å²) in [4.78, 5) is 7.04. The lowest BCUT2D eigenvalue weighted by atomic mass is 9.78. The Bertz CT molecular complexity index is 389. The highest BCUT2D eigenvalue weighted by molar-refractivity contribution is 5.15. The van der Waals surface area contributed by atoms with Gasteiger partial charge in [-0.25, -0.2) is 0 Å². The number of nitrogens with zero attached hydrogens (tertiary/aromatic N) is 2. The van der Waals surface area contributed by atoms with Gasteiger partial charge >= 0.3 is 0 Å². The van der Waals surface area contributed by atoms with Crippen LogP contribution in [0.3, 0.4) is 0 Å². The molecule has 104 valence electrons. The van der Waals surface area contributed by atoms with Crippen LogP contribution in [0.4, 0.5) is 0 Å². The Hall–Kier alpha value is -0.930. The smallest absolute Gasteiger partial charge is 0.0341 e. The van der Waals surface area contributed by atoms with Crippen molar-refractivity contribution >= 4 is 0 Å². The van der Waals surface area contributed by atoms with Gasteiger partial charge in [-0.05, 0) is 31.4 Å². The predicted octanol–water partition coefficient (Wildman–Crippen LogP) is 2.75. The van der Waals surface area contributed by atoms with Crippen LogP contribution in [0.15, 0.2) is 24.5 Å². The first-order valence-electron chi connectivity index (χ1n) is 7.69. The van der Waals surface area contributed by atoms with Gasteiger partial charge in [0.25, 0.3) is 0 Å². The molecule has 1 unspecified atom stereocenters. The Morgan fingerprint density at radius 1 is 1.32 bits per heavy atom. The van der Waals surface area contributed by atoms with Gasteiger partial charge in [-0.15, -0.1) is 0 Å². The van der Waals surface area contributed by atoms with Crippen LogP contribution in [0.1, 0.15) is 50.6 Å². The van der Waals surface area contributed by atoms with Gasteiger partial charge in [0, 0.05) is 43.6 Å². The van der Waals surface area contributed by atoms with E-state index >= 15 is 0 Å². The zero-order valence-corrected chi connectivity index (χ0v) is 11.9. The Morgan fingerprint density at radius 2 is 2.16 bits per heavy atom. The van der Waals surface area contributed by atoms with Crippen molar-refractivity contribution in [2.45, 2.75) is 50.6 Å². The van der Waals surface area contributed by atoms with E-state index in [9.17, 15) is 0 Å². The lowest BCUT2D eigenvalue weighted by Gasteiger charge is -2.52. The van der Waals surface area contributed by atoms with E-state index in [0.29, 0.717) is 11.6 Å². The average molecular weight is 259 g/mol. The molecule has 0 radical (unpaired) electrons. The summed E-state index contributed by atoms with van der Waals surface area (Å²) in [6.45, 7) is 5.79. The lowest BCUT2D eigenvalue weighted by molar-refractivity contribution is -0.00287. The molecule has 3 nitrogen and oxygen atoms in total. The predicted molar refractivity (Wildman–Crippen MR) is 78.0 cm³/mol. The van der Waals surface area contributed by atoms with Crippen LogP contribution in [0.2, 0.25) is 0 Å². The summed E-state index contributed by atoms with van der Waals surface area (Å²) in [5, 5.41) is 3.62. The fourth-order valence-electron chi connectivity index (χ4n) is 3.94. The fourth-order valence-corrected chi connectivity index (χ4v) is 3.94. The standard InChI is InChI=1S/C16H25N3/c1-14(15-6-5-9-17-12-15)19-11-10-18-13-16(19)7-3-2-4-8-16/h5-6,9,12,14,18H,2-4,7-8,10-11,13H2,1H3. The molecule has 2 heterocycles. The highest BCUT2D eigenvalue weighted by atomic mass is 15.3. The first-order valence-corrected chi connectivity index (χ1v) is 7.69. The van der Waals surface area contributed by atoms with Crippen LogP contribution in [-0.4, -0.2) is 35.1 Å². The summed E-state index contributed by atoms with van der Waals surface area (Å²) in [7, 11) is 0. The molecule has 1 aromatic rings. The van der Waals surface area contributed by atoms with Crippen LogP contribution in [0.5, 0.6) is 0 Å². The molecule has 0 bridgehead atoms. The van der Waals surface area contributed by atoms with E-state index in [2.05, 4.69) is 34.3 Å². The lowest BCUT2D eigenvalue weighted by Crippen LogP contribution is -2.62. The molecule has 19 heavy (non-hydrogen) atoms. The molecule has 2 fully saturated rings. The molecule has 3 heteroatoms. The molecule has 1 saturated carbocycles. The maximum Gasteiger partial charge on any atom is 0.0341 e. The Labute approximate surface area is 116 Å². The second-order valence-electron chi connectivity index (χ2n) is 6.12. The summed E-state index contributed by atoms with van der Waals surface area (Å²) in [5.41, 5.74) is 1.75. The summed E-state index contributed by atoms with van der Waals surface area (Å²) in [6.07, 6.45) is 10.8. The molecule has 3 rings (SSSR count). The molecule has 1 spiro atoms. The Kier molecular flexibility index (Phi) is 3.85. The van der Waals surface area contributed by atoms with Crippen molar-refractivity contribution in [3.05, 3.63) is 30.1 Å². The monoisotopic (exact) mass is 259 g/mol. The molecule has 1 aliphatic carbocycles. The highest BCUT2D eigenvalue weighted by Gasteiger charge is 2.41. The summed E-state index contributed by atoms with van der Waals surface area (Å²) >= 11 is 0. The van der Waals surface area contributed by atoms with Crippen molar-refractivity contribution in [3.8, 4) is 0 Å². The van der Waals surface area contributed by atoms with E-state index in [1.807, 2.05) is 12.4 Å². The van der Waals surface area contributed by atoms with Gasteiger partial charge in [0.15, 0.2) is 0 Å². The van der Waals surface area contributed by atoms with Gasteiger partial charge in [0.1, 0.15) is 0 Å². The molecular formula is C16H25N3. The molecule has 1 N–H and O–H groups in total. The van der Waals surface area contributed by atoms with E-state index < -0.39 is 0 Å². The first kappa shape index (κ1) is 13.1. The number of pyridine rings is 1. The van der Waals surface area contributed by atoms with Gasteiger partial charge < -0.3 is 5.32 Å². The van der Waals surface area contributed by atoms with Gasteiger partial charge in [0.2, 0.25) is 0 Å². The van der Waals surface area contributed by atoms with Crippen molar-refractivity contribution in [2.24, 2.45) is 0 Å². The maximum absolute atomic E-state index is 4.29. The van der Waals surface area contributed by atoms with E-state index in [1.165, 1.54) is 37.7 Å². The number of nitrogens with one attached hydrogen (secondary N) is 1. The molecule has 0 aromatic carbocycles. The van der Waals surface area contributed by atoms with E-state index in [1.54, 1.807) is 0 Å². The average Bonchev–Trinajstić information content (AvgIpc) is 2.49. The fraction of sp³-hybridized carbons (Fsp3) is 0.688. The van der Waals surface area contributed by atoms with Crippen molar-refractivity contribution in [2.75, 3.05) is 19.6 Å². The van der Waals surface area contributed by atoms with Crippen molar-refractivity contribution < 1.29 is 0 Å². The number of hydrogen-bond acceptors (Lipinski definition) is 3. The van der Waals surface area contributed by atoms with Crippen LogP contribution in [-0.2, 0) is 0 Å². The molecule has 1 saturated heterocycles. The molecule has 0 amide bonds. The van der Waals surface area contributed by atoms with Gasteiger partial charge in [-0.2, -0.15) is 0 Å². The molecule has 1 atom stereocenters. The third kappa shape index (κ3) is 2.54. The third-order valence-electron chi connectivity index (χ3n) is 5.01. The van der Waals surface area contributed by atoms with Crippen molar-refractivity contribution in [1.29, 1.82) is 0 Å². The quantitative estimate of drug-likeness (QED) is 0.885. The maximum atomic E-state index is 4.29. The Morgan fingerprint density at radius 3 is 2.89 bits per heavy atom. The second kappa shape index (κ2) is 5.59. The number of rotatable bonds is 2. The Balaban J connectivity index is 1.84. The molecule has 1 aliphatic heterocycles. The van der Waals surface area contributed by atoms with E-state index in [-0.39, 0.29) is 0 Å². The minimum atomic E-state index is 0.395. The van der Waals surface area contributed by atoms with E-state index in [4.69, 9.17) is 0 Å². The van der Waals surface area contributed by atoms with Crippen LogP contribution in [0.25, 0.3) is 0 Å². The normalized spacial score (nSPS) is 25.3. The highest BCUT2D eigenvalue weighted by Crippen LogP contribution is 2.39. The first-order chi connectivity index (χ1) is 9.32. The summed E-state index contributed by atoms with van der Waals surface area (Å²) in [6, 6.07) is 4.76. The SMILES string of the molecule is CC(c1cccnc1)N1CCNCC12CCCCC2. The topological polar surface area (TPSA) is 28.2 Å². The molecular weight excluding hydrogens is 234 g/mol. The zero-order chi connectivity index (χ0) is 13.1. The largest absolute Gasteiger partial charge is 0.314 e. The molecule has 2 aliphatic rings. The minimum Gasteiger partial charge on any atom is -0.314 e.